The zero-order valence-corrected chi connectivity index (χ0v) is 10.7. The van der Waals surface area contributed by atoms with Gasteiger partial charge in [-0.25, -0.2) is 0 Å². The van der Waals surface area contributed by atoms with E-state index in [2.05, 4.69) is 26.0 Å². The fraction of sp³-hybridized carbons (Fsp3) is 0.571. The minimum Gasteiger partial charge on any atom is -0.396 e. The molecule has 0 heterocycles. The van der Waals surface area contributed by atoms with E-state index < -0.39 is 0 Å². The lowest BCUT2D eigenvalue weighted by Crippen LogP contribution is -2.29. The Bertz CT molecular complexity index is 384. The second-order valence-corrected chi connectivity index (χ2v) is 5.87. The fourth-order valence-electron chi connectivity index (χ4n) is 2.69. The van der Waals surface area contributed by atoms with Gasteiger partial charge in [-0.2, -0.15) is 0 Å². The van der Waals surface area contributed by atoms with Crippen LogP contribution in [0.5, 0.6) is 0 Å². The van der Waals surface area contributed by atoms with Gasteiger partial charge in [-0.3, -0.25) is 0 Å². The zero-order chi connectivity index (χ0) is 11.8. The van der Waals surface area contributed by atoms with Crippen molar-refractivity contribution in [2.24, 2.45) is 5.41 Å². The highest BCUT2D eigenvalue weighted by atomic mass is 35.5. The monoisotopic (exact) mass is 238 g/mol. The van der Waals surface area contributed by atoms with Crippen molar-refractivity contribution in [2.75, 3.05) is 6.61 Å². The van der Waals surface area contributed by atoms with E-state index in [4.69, 9.17) is 11.6 Å². The van der Waals surface area contributed by atoms with Gasteiger partial charge >= 0.3 is 0 Å². The van der Waals surface area contributed by atoms with Crippen molar-refractivity contribution in [3.63, 3.8) is 0 Å². The maximum atomic E-state index is 9.51. The summed E-state index contributed by atoms with van der Waals surface area (Å²) in [5.74, 6) is 0.431. The van der Waals surface area contributed by atoms with Crippen LogP contribution in [0.25, 0.3) is 0 Å². The van der Waals surface area contributed by atoms with E-state index in [1.807, 2.05) is 6.07 Å². The smallest absolute Gasteiger partial charge is 0.0487 e. The molecule has 1 aliphatic rings. The minimum absolute atomic E-state index is 0.0557. The normalized spacial score (nSPS) is 20.6. The summed E-state index contributed by atoms with van der Waals surface area (Å²) in [6.45, 7) is 4.49. The van der Waals surface area contributed by atoms with Gasteiger partial charge in [0.2, 0.25) is 0 Å². The van der Waals surface area contributed by atoms with Crippen LogP contribution in [-0.4, -0.2) is 11.7 Å². The molecule has 0 spiro atoms. The van der Waals surface area contributed by atoms with Crippen molar-refractivity contribution < 1.29 is 5.11 Å². The average molecular weight is 239 g/mol. The lowest BCUT2D eigenvalue weighted by Gasteiger charge is -2.37. The molecule has 1 unspecified atom stereocenters. The zero-order valence-electron chi connectivity index (χ0n) is 9.96. The van der Waals surface area contributed by atoms with Crippen LogP contribution < -0.4 is 0 Å². The summed E-state index contributed by atoms with van der Waals surface area (Å²) in [6.07, 6.45) is 3.51. The molecule has 0 saturated carbocycles. The van der Waals surface area contributed by atoms with Gasteiger partial charge in [-0.15, -0.1) is 0 Å². The number of aliphatic hydroxyl groups is 1. The Labute approximate surface area is 102 Å². The first kappa shape index (κ1) is 11.9. The number of hydrogen-bond donors (Lipinski definition) is 1. The number of aryl methyl sites for hydroxylation is 1. The average Bonchev–Trinajstić information content (AvgIpc) is 2.28. The highest BCUT2D eigenvalue weighted by Gasteiger charge is 2.33. The van der Waals surface area contributed by atoms with Crippen LogP contribution in [0.4, 0.5) is 0 Å². The Morgan fingerprint density at radius 2 is 2.19 bits per heavy atom. The van der Waals surface area contributed by atoms with Gasteiger partial charge in [-0.1, -0.05) is 31.5 Å². The van der Waals surface area contributed by atoms with E-state index in [-0.39, 0.29) is 12.0 Å². The van der Waals surface area contributed by atoms with Gasteiger partial charge in [0.05, 0.1) is 0 Å². The molecule has 0 radical (unpaired) electrons. The maximum Gasteiger partial charge on any atom is 0.0487 e. The van der Waals surface area contributed by atoms with Crippen LogP contribution in [0, 0.1) is 5.41 Å². The highest BCUT2D eigenvalue weighted by molar-refractivity contribution is 6.30. The van der Waals surface area contributed by atoms with Crippen molar-refractivity contribution in [1.29, 1.82) is 0 Å². The molecule has 1 nitrogen and oxygen atoms in total. The molecule has 0 aliphatic heterocycles. The summed E-state index contributed by atoms with van der Waals surface area (Å²) in [7, 11) is 0. The van der Waals surface area contributed by atoms with E-state index in [0.29, 0.717) is 5.92 Å². The van der Waals surface area contributed by atoms with Crippen molar-refractivity contribution in [2.45, 2.75) is 39.0 Å². The number of fused-ring (bicyclic) bond motifs is 1. The third-order valence-electron chi connectivity index (χ3n) is 3.77. The molecular formula is C14H19ClO. The molecule has 2 heteroatoms. The van der Waals surface area contributed by atoms with E-state index in [1.54, 1.807) is 0 Å². The summed E-state index contributed by atoms with van der Waals surface area (Å²) >= 11 is 6.07. The Hall–Kier alpha value is -0.530. The SMILES string of the molecule is CC(C)(CO)C1CCCc2ccc(Cl)cc21. The van der Waals surface area contributed by atoms with Gasteiger partial charge in [0.25, 0.3) is 0 Å². The molecule has 1 atom stereocenters. The predicted octanol–water partition coefficient (Wildman–Crippen LogP) is 3.78. The first-order chi connectivity index (χ1) is 7.54. The summed E-state index contributed by atoms with van der Waals surface area (Å²) in [6, 6.07) is 6.18. The number of halogens is 1. The number of hydrogen-bond acceptors (Lipinski definition) is 1. The lowest BCUT2D eigenvalue weighted by molar-refractivity contribution is 0.122. The largest absolute Gasteiger partial charge is 0.396 e. The molecule has 0 amide bonds. The van der Waals surface area contributed by atoms with Gasteiger partial charge in [0.15, 0.2) is 0 Å². The molecule has 0 fully saturated rings. The molecule has 2 rings (SSSR count). The number of benzene rings is 1. The van der Waals surface area contributed by atoms with Crippen LogP contribution in [-0.2, 0) is 6.42 Å². The van der Waals surface area contributed by atoms with Crippen LogP contribution in [0.15, 0.2) is 18.2 Å². The summed E-state index contributed by atoms with van der Waals surface area (Å²) in [5, 5.41) is 10.3. The molecule has 0 saturated heterocycles. The van der Waals surface area contributed by atoms with Crippen LogP contribution in [0.3, 0.4) is 0 Å². The van der Waals surface area contributed by atoms with Crippen molar-refractivity contribution >= 4 is 11.6 Å². The quantitative estimate of drug-likeness (QED) is 0.832. The second-order valence-electron chi connectivity index (χ2n) is 5.43. The van der Waals surface area contributed by atoms with E-state index in [0.717, 1.165) is 17.9 Å². The van der Waals surface area contributed by atoms with Crippen molar-refractivity contribution in [3.8, 4) is 0 Å². The third kappa shape index (κ3) is 2.11. The van der Waals surface area contributed by atoms with Crippen LogP contribution in [0.2, 0.25) is 5.02 Å². The van der Waals surface area contributed by atoms with E-state index >= 15 is 0 Å². The Balaban J connectivity index is 2.43. The molecule has 1 N–H and O–H groups in total. The van der Waals surface area contributed by atoms with E-state index in [1.165, 1.54) is 17.5 Å². The molecule has 88 valence electrons. The fourth-order valence-corrected chi connectivity index (χ4v) is 2.87. The number of rotatable bonds is 2. The lowest BCUT2D eigenvalue weighted by atomic mass is 9.69. The summed E-state index contributed by atoms with van der Waals surface area (Å²) in [4.78, 5) is 0. The van der Waals surface area contributed by atoms with Gasteiger partial charge < -0.3 is 5.11 Å². The third-order valence-corrected chi connectivity index (χ3v) is 4.01. The maximum absolute atomic E-state index is 9.51. The van der Waals surface area contributed by atoms with Crippen molar-refractivity contribution in [1.82, 2.24) is 0 Å². The molecule has 1 aromatic rings. The molecule has 16 heavy (non-hydrogen) atoms. The highest BCUT2D eigenvalue weighted by Crippen LogP contribution is 2.44. The number of aliphatic hydroxyl groups excluding tert-OH is 1. The second kappa shape index (κ2) is 4.38. The van der Waals surface area contributed by atoms with Gasteiger partial charge in [0.1, 0.15) is 0 Å². The molecular weight excluding hydrogens is 220 g/mol. The Kier molecular flexibility index (Phi) is 3.27. The van der Waals surface area contributed by atoms with Gasteiger partial charge in [-0.05, 0) is 53.9 Å². The Morgan fingerprint density at radius 3 is 2.88 bits per heavy atom. The standard InChI is InChI=1S/C14H19ClO/c1-14(2,9-16)13-5-3-4-10-6-7-11(15)8-12(10)13/h6-8,13,16H,3-5,9H2,1-2H3. The predicted molar refractivity (Wildman–Crippen MR) is 68.0 cm³/mol. The summed E-state index contributed by atoms with van der Waals surface area (Å²) < 4.78 is 0. The summed E-state index contributed by atoms with van der Waals surface area (Å²) in [5.41, 5.74) is 2.69. The van der Waals surface area contributed by atoms with Crippen molar-refractivity contribution in [3.05, 3.63) is 34.3 Å². The molecule has 1 aromatic carbocycles. The van der Waals surface area contributed by atoms with Crippen LogP contribution in [0.1, 0.15) is 43.7 Å². The Morgan fingerprint density at radius 1 is 1.44 bits per heavy atom. The molecule has 0 bridgehead atoms. The van der Waals surface area contributed by atoms with Crippen LogP contribution >= 0.6 is 11.6 Å². The van der Waals surface area contributed by atoms with E-state index in [9.17, 15) is 5.11 Å². The first-order valence-corrected chi connectivity index (χ1v) is 6.31. The van der Waals surface area contributed by atoms with Gasteiger partial charge in [0, 0.05) is 11.6 Å². The minimum atomic E-state index is -0.0557. The molecule has 1 aliphatic carbocycles. The first-order valence-electron chi connectivity index (χ1n) is 5.94. The molecule has 0 aromatic heterocycles. The topological polar surface area (TPSA) is 20.2 Å².